The molecule has 0 aromatic heterocycles. The first-order chi connectivity index (χ1) is 13.2. The van der Waals surface area contributed by atoms with Crippen LogP contribution in [0.3, 0.4) is 0 Å². The third-order valence-corrected chi connectivity index (χ3v) is 4.82. The molecule has 28 heavy (non-hydrogen) atoms. The summed E-state index contributed by atoms with van der Waals surface area (Å²) in [6.45, 7) is 0.180. The third kappa shape index (κ3) is 4.96. The summed E-state index contributed by atoms with van der Waals surface area (Å²) in [5, 5.41) is 18.9. The highest BCUT2D eigenvalue weighted by atomic mass is 32.2. The van der Waals surface area contributed by atoms with E-state index in [-0.39, 0.29) is 28.5 Å². The van der Waals surface area contributed by atoms with Gasteiger partial charge in [-0.15, -0.1) is 0 Å². The molecule has 150 valence electrons. The molecule has 2 aromatic carbocycles. The van der Waals surface area contributed by atoms with Crippen LogP contribution in [0, 0.1) is 10.1 Å². The van der Waals surface area contributed by atoms with E-state index >= 15 is 0 Å². The van der Waals surface area contributed by atoms with Gasteiger partial charge in [0, 0.05) is 12.6 Å². The van der Waals surface area contributed by atoms with Crippen LogP contribution in [0.15, 0.2) is 41.3 Å². The summed E-state index contributed by atoms with van der Waals surface area (Å²) in [4.78, 5) is 23.0. The van der Waals surface area contributed by atoms with Crippen LogP contribution in [0.25, 0.3) is 0 Å². The van der Waals surface area contributed by atoms with Gasteiger partial charge in [-0.25, -0.2) is 13.6 Å². The van der Waals surface area contributed by atoms with Gasteiger partial charge in [0.25, 0.3) is 11.6 Å². The number of ether oxygens (including phenoxy) is 2. The highest BCUT2D eigenvalue weighted by Gasteiger charge is 2.24. The fourth-order valence-corrected chi connectivity index (χ4v) is 2.98. The number of nitrogens with one attached hydrogen (secondary N) is 1. The summed E-state index contributed by atoms with van der Waals surface area (Å²) in [5.74, 6) is -0.314. The van der Waals surface area contributed by atoms with Gasteiger partial charge >= 0.3 is 0 Å². The summed E-state index contributed by atoms with van der Waals surface area (Å²) >= 11 is 0. The van der Waals surface area contributed by atoms with E-state index in [1.807, 2.05) is 0 Å². The van der Waals surface area contributed by atoms with Gasteiger partial charge in [-0.2, -0.15) is 0 Å². The molecule has 0 aliphatic rings. The molecule has 0 aliphatic carbocycles. The smallest absolute Gasteiger partial charge is 0.286 e. The van der Waals surface area contributed by atoms with Gasteiger partial charge in [0.1, 0.15) is 5.56 Å². The van der Waals surface area contributed by atoms with Crippen molar-refractivity contribution in [1.29, 1.82) is 0 Å². The molecule has 0 radical (unpaired) electrons. The Morgan fingerprint density at radius 2 is 1.71 bits per heavy atom. The van der Waals surface area contributed by atoms with Gasteiger partial charge in [-0.3, -0.25) is 14.9 Å². The van der Waals surface area contributed by atoms with Crippen molar-refractivity contribution >= 4 is 21.6 Å². The Morgan fingerprint density at radius 1 is 1.14 bits per heavy atom. The zero-order valence-corrected chi connectivity index (χ0v) is 16.0. The van der Waals surface area contributed by atoms with Crippen molar-refractivity contribution in [2.75, 3.05) is 20.8 Å². The van der Waals surface area contributed by atoms with Crippen molar-refractivity contribution in [2.24, 2.45) is 5.14 Å². The van der Waals surface area contributed by atoms with Crippen molar-refractivity contribution in [3.8, 4) is 11.5 Å². The molecule has 0 fully saturated rings. The molecular formula is C17H19N3O7S. The number of nitrogens with zero attached hydrogens (tertiary/aromatic N) is 1. The van der Waals surface area contributed by atoms with E-state index in [4.69, 9.17) is 14.6 Å². The number of nitro benzene ring substituents is 1. The summed E-state index contributed by atoms with van der Waals surface area (Å²) in [6.07, 6.45) is 0.387. The first kappa shape index (κ1) is 21.1. The number of benzene rings is 2. The Bertz CT molecular complexity index is 989. The number of sulfonamides is 1. The second-order valence-corrected chi connectivity index (χ2v) is 7.24. The van der Waals surface area contributed by atoms with Crippen LogP contribution in [0.2, 0.25) is 0 Å². The Balaban J connectivity index is 2.11. The van der Waals surface area contributed by atoms with Crippen LogP contribution in [-0.2, 0) is 16.4 Å². The number of rotatable bonds is 8. The number of carbonyl (C=O) groups excluding carboxylic acids is 1. The Morgan fingerprint density at radius 3 is 2.21 bits per heavy atom. The minimum atomic E-state index is -3.77. The Labute approximate surface area is 161 Å². The predicted octanol–water partition coefficient (Wildman–Crippen LogP) is 1.23. The minimum absolute atomic E-state index is 0.0127. The van der Waals surface area contributed by atoms with Gasteiger partial charge in [0.05, 0.1) is 30.1 Å². The highest BCUT2D eigenvalue weighted by Crippen LogP contribution is 2.34. The van der Waals surface area contributed by atoms with Crippen LogP contribution in [-0.4, -0.2) is 40.0 Å². The fraction of sp³-hybridized carbons (Fsp3) is 0.235. The maximum atomic E-state index is 12.4. The van der Waals surface area contributed by atoms with E-state index in [0.29, 0.717) is 6.42 Å². The highest BCUT2D eigenvalue weighted by molar-refractivity contribution is 7.89. The van der Waals surface area contributed by atoms with Gasteiger partial charge in [-0.1, -0.05) is 12.1 Å². The van der Waals surface area contributed by atoms with E-state index in [0.717, 1.165) is 11.6 Å². The molecule has 2 aromatic rings. The molecule has 0 bridgehead atoms. The molecule has 1 amide bonds. The van der Waals surface area contributed by atoms with Crippen molar-refractivity contribution in [3.05, 3.63) is 57.6 Å². The van der Waals surface area contributed by atoms with Gasteiger partial charge in [-0.05, 0) is 24.1 Å². The lowest BCUT2D eigenvalue weighted by Gasteiger charge is -2.11. The second-order valence-electron chi connectivity index (χ2n) is 5.68. The lowest BCUT2D eigenvalue weighted by atomic mass is 10.1. The van der Waals surface area contributed by atoms with Crippen molar-refractivity contribution in [2.45, 2.75) is 11.3 Å². The summed E-state index contributed by atoms with van der Waals surface area (Å²) in [7, 11) is -1.08. The molecule has 0 saturated heterocycles. The molecule has 0 saturated carbocycles. The van der Waals surface area contributed by atoms with Crippen LogP contribution >= 0.6 is 0 Å². The molecule has 3 N–H and O–H groups in total. The summed E-state index contributed by atoms with van der Waals surface area (Å²) < 4.78 is 32.6. The predicted molar refractivity (Wildman–Crippen MR) is 100 cm³/mol. The SMILES string of the molecule is COc1cc(C(=O)NCCc2ccc(S(N)(=O)=O)cc2)c([N+](=O)[O-])cc1OC. The quantitative estimate of drug-likeness (QED) is 0.491. The van der Waals surface area contributed by atoms with Gasteiger partial charge in [0.15, 0.2) is 11.5 Å². The average Bonchev–Trinajstić information content (AvgIpc) is 2.66. The number of amides is 1. The number of carbonyl (C=O) groups is 1. The topological polar surface area (TPSA) is 151 Å². The molecule has 11 heteroatoms. The summed E-state index contributed by atoms with van der Waals surface area (Å²) in [5.41, 5.74) is 0.189. The fourth-order valence-electron chi connectivity index (χ4n) is 2.46. The first-order valence-electron chi connectivity index (χ1n) is 7.97. The van der Waals surface area contributed by atoms with Crippen molar-refractivity contribution < 1.29 is 27.6 Å². The van der Waals surface area contributed by atoms with E-state index in [1.54, 1.807) is 12.1 Å². The molecule has 0 aliphatic heterocycles. The van der Waals surface area contributed by atoms with Gasteiger partial charge < -0.3 is 14.8 Å². The van der Waals surface area contributed by atoms with E-state index in [9.17, 15) is 23.3 Å². The average molecular weight is 409 g/mol. The van der Waals surface area contributed by atoms with Gasteiger partial charge in [0.2, 0.25) is 10.0 Å². The maximum absolute atomic E-state index is 12.4. The van der Waals surface area contributed by atoms with Crippen LogP contribution in [0.4, 0.5) is 5.69 Å². The number of methoxy groups -OCH3 is 2. The molecule has 0 heterocycles. The number of primary sulfonamides is 1. The zero-order valence-electron chi connectivity index (χ0n) is 15.2. The van der Waals surface area contributed by atoms with E-state index in [2.05, 4.69) is 5.32 Å². The molecule has 0 atom stereocenters. The lowest BCUT2D eigenvalue weighted by Crippen LogP contribution is -2.26. The van der Waals surface area contributed by atoms with Crippen LogP contribution < -0.4 is 19.9 Å². The third-order valence-electron chi connectivity index (χ3n) is 3.89. The minimum Gasteiger partial charge on any atom is -0.493 e. The monoisotopic (exact) mass is 409 g/mol. The zero-order chi connectivity index (χ0) is 20.9. The normalized spacial score (nSPS) is 11.0. The number of hydrogen-bond acceptors (Lipinski definition) is 7. The molecule has 10 nitrogen and oxygen atoms in total. The lowest BCUT2D eigenvalue weighted by molar-refractivity contribution is -0.385. The first-order valence-corrected chi connectivity index (χ1v) is 9.52. The Kier molecular flexibility index (Phi) is 6.54. The standard InChI is InChI=1S/C17H19N3O7S/c1-26-15-9-13(14(20(22)23)10-16(15)27-2)17(21)19-8-7-11-3-5-12(6-4-11)28(18,24)25/h3-6,9-10H,7-8H2,1-2H3,(H,19,21)(H2,18,24,25). The van der Waals surface area contributed by atoms with Crippen LogP contribution in [0.5, 0.6) is 11.5 Å². The molecule has 0 unspecified atom stereocenters. The summed E-state index contributed by atoms with van der Waals surface area (Å²) in [6, 6.07) is 8.25. The largest absolute Gasteiger partial charge is 0.493 e. The molecule has 0 spiro atoms. The number of nitro groups is 1. The second kappa shape index (κ2) is 8.67. The van der Waals surface area contributed by atoms with Crippen LogP contribution in [0.1, 0.15) is 15.9 Å². The Hall–Kier alpha value is -3.18. The van der Waals surface area contributed by atoms with E-state index in [1.165, 1.54) is 32.4 Å². The van der Waals surface area contributed by atoms with Crippen molar-refractivity contribution in [3.63, 3.8) is 0 Å². The van der Waals surface area contributed by atoms with E-state index < -0.39 is 26.5 Å². The number of hydrogen-bond donors (Lipinski definition) is 2. The number of nitrogens with two attached hydrogens (primary N) is 1. The molecular weight excluding hydrogens is 390 g/mol. The van der Waals surface area contributed by atoms with Crippen molar-refractivity contribution in [1.82, 2.24) is 5.32 Å². The maximum Gasteiger partial charge on any atom is 0.286 e. The molecule has 2 rings (SSSR count).